The molecule has 0 unspecified atom stereocenters. The summed E-state index contributed by atoms with van der Waals surface area (Å²) in [6.07, 6.45) is 3.63. The van der Waals surface area contributed by atoms with Gasteiger partial charge in [-0.3, -0.25) is 19.6 Å². The van der Waals surface area contributed by atoms with Crippen LogP contribution in [0.4, 0.5) is 10.1 Å². The molecule has 1 N–H and O–H groups in total. The number of carbonyl (C=O) groups excluding carboxylic acids is 1. The maximum Gasteiger partial charge on any atom is 0.307 e. The maximum atomic E-state index is 13.1. The van der Waals surface area contributed by atoms with Crippen LogP contribution in [-0.4, -0.2) is 33.4 Å². The molecular weight excluding hydrogens is 501 g/mol. The number of nitro groups is 1. The van der Waals surface area contributed by atoms with Crippen molar-refractivity contribution in [3.05, 3.63) is 80.3 Å². The fourth-order valence-electron chi connectivity index (χ4n) is 2.70. The molecule has 0 atom stereocenters. The molecule has 0 aliphatic rings. The number of hydrogen-bond acceptors (Lipinski definition) is 7. The summed E-state index contributed by atoms with van der Waals surface area (Å²) >= 11 is 3.45. The van der Waals surface area contributed by atoms with Gasteiger partial charge < -0.3 is 9.47 Å². The highest BCUT2D eigenvalue weighted by atomic mass is 79.9. The summed E-state index contributed by atoms with van der Waals surface area (Å²) in [5, 5.41) is 18.3. The molecule has 0 aliphatic heterocycles. The average molecular weight is 520 g/mol. The molecule has 2 aromatic carbocycles. The zero-order chi connectivity index (χ0) is 23.8. The third-order valence-corrected chi connectivity index (χ3v) is 4.76. The van der Waals surface area contributed by atoms with E-state index in [1.165, 1.54) is 18.3 Å². The molecule has 1 aromatic heterocycles. The lowest BCUT2D eigenvalue weighted by atomic mass is 10.2. The first-order valence-corrected chi connectivity index (χ1v) is 10.5. The van der Waals surface area contributed by atoms with Crippen LogP contribution in [0.1, 0.15) is 18.1 Å². The first-order chi connectivity index (χ1) is 15.9. The van der Waals surface area contributed by atoms with Crippen molar-refractivity contribution >= 4 is 33.7 Å². The summed E-state index contributed by atoms with van der Waals surface area (Å²) in [5.74, 6) is 0.109. The second-order valence-electron chi connectivity index (χ2n) is 6.62. The number of rotatable bonds is 10. The van der Waals surface area contributed by atoms with E-state index in [2.05, 4.69) is 31.6 Å². The summed E-state index contributed by atoms with van der Waals surface area (Å²) in [6, 6.07) is 9.41. The molecule has 0 saturated heterocycles. The van der Waals surface area contributed by atoms with E-state index >= 15 is 0 Å². The van der Waals surface area contributed by atoms with Crippen molar-refractivity contribution in [2.45, 2.75) is 20.1 Å². The molecule has 0 aliphatic carbocycles. The zero-order valence-electron chi connectivity index (χ0n) is 17.4. The predicted octanol–water partition coefficient (Wildman–Crippen LogP) is 3.82. The molecule has 0 spiro atoms. The summed E-state index contributed by atoms with van der Waals surface area (Å²) < 4.78 is 26.3. The molecule has 0 saturated carbocycles. The van der Waals surface area contributed by atoms with Crippen LogP contribution in [0.3, 0.4) is 0 Å². The van der Waals surface area contributed by atoms with Crippen molar-refractivity contribution in [2.24, 2.45) is 5.10 Å². The number of aromatic nitrogens is 2. The third kappa shape index (κ3) is 6.84. The molecule has 0 fully saturated rings. The number of nitrogens with zero attached hydrogens (tertiary/aromatic N) is 4. The Hall–Kier alpha value is -3.80. The highest BCUT2D eigenvalue weighted by Crippen LogP contribution is 2.37. The first kappa shape index (κ1) is 23.9. The summed E-state index contributed by atoms with van der Waals surface area (Å²) in [4.78, 5) is 22.1. The second kappa shape index (κ2) is 11.2. The van der Waals surface area contributed by atoms with Gasteiger partial charge in [0.1, 0.15) is 31.4 Å². The monoisotopic (exact) mass is 519 g/mol. The standard InChI is InChI=1S/C21H19BrFN5O5/c1-2-32-19-8-15(7-18(22)21(19)33-13-14-3-5-16(23)6-4-14)9-24-26-20(29)12-27-11-17(10-25-27)28(30)31/h3-11H,2,12-13H2,1H3,(H,26,29). The number of halogens is 2. The quantitative estimate of drug-likeness (QED) is 0.247. The fraction of sp³-hybridized carbons (Fsp3) is 0.190. The van der Waals surface area contributed by atoms with Crippen molar-refractivity contribution in [1.29, 1.82) is 0 Å². The van der Waals surface area contributed by atoms with Gasteiger partial charge in [0.2, 0.25) is 0 Å². The van der Waals surface area contributed by atoms with E-state index in [1.54, 1.807) is 24.3 Å². The van der Waals surface area contributed by atoms with Crippen molar-refractivity contribution in [3.8, 4) is 11.5 Å². The van der Waals surface area contributed by atoms with Crippen LogP contribution in [0.2, 0.25) is 0 Å². The molecule has 0 bridgehead atoms. The largest absolute Gasteiger partial charge is 0.490 e. The van der Waals surface area contributed by atoms with E-state index in [1.807, 2.05) is 6.92 Å². The lowest BCUT2D eigenvalue weighted by Crippen LogP contribution is -2.23. The van der Waals surface area contributed by atoms with Crippen molar-refractivity contribution < 1.29 is 23.6 Å². The Morgan fingerprint density at radius 1 is 1.33 bits per heavy atom. The van der Waals surface area contributed by atoms with Gasteiger partial charge in [-0.05, 0) is 58.2 Å². The van der Waals surface area contributed by atoms with Gasteiger partial charge in [0.05, 0.1) is 22.2 Å². The minimum Gasteiger partial charge on any atom is -0.490 e. The smallest absolute Gasteiger partial charge is 0.307 e. The summed E-state index contributed by atoms with van der Waals surface area (Å²) in [5.41, 5.74) is 3.54. The highest BCUT2D eigenvalue weighted by Gasteiger charge is 2.13. The van der Waals surface area contributed by atoms with E-state index in [0.29, 0.717) is 28.1 Å². The fourth-order valence-corrected chi connectivity index (χ4v) is 3.27. The van der Waals surface area contributed by atoms with Crippen molar-refractivity contribution in [3.63, 3.8) is 0 Å². The van der Waals surface area contributed by atoms with Crippen LogP contribution in [-0.2, 0) is 17.9 Å². The van der Waals surface area contributed by atoms with Crippen molar-refractivity contribution in [2.75, 3.05) is 6.61 Å². The molecular formula is C21H19BrFN5O5. The van der Waals surface area contributed by atoms with E-state index in [9.17, 15) is 19.3 Å². The van der Waals surface area contributed by atoms with Gasteiger partial charge in [-0.1, -0.05) is 12.1 Å². The number of ether oxygens (including phenoxy) is 2. The minimum absolute atomic E-state index is 0.207. The van der Waals surface area contributed by atoms with Gasteiger partial charge in [0, 0.05) is 0 Å². The number of hydrogen-bond donors (Lipinski definition) is 1. The SMILES string of the molecule is CCOc1cc(C=NNC(=O)Cn2cc([N+](=O)[O-])cn2)cc(Br)c1OCc1ccc(F)cc1. The van der Waals surface area contributed by atoms with Crippen LogP contribution in [0.15, 0.2) is 58.4 Å². The summed E-state index contributed by atoms with van der Waals surface area (Å²) in [7, 11) is 0. The van der Waals surface area contributed by atoms with Gasteiger partial charge in [-0.2, -0.15) is 10.2 Å². The van der Waals surface area contributed by atoms with Gasteiger partial charge in [-0.25, -0.2) is 9.82 Å². The molecule has 33 heavy (non-hydrogen) atoms. The highest BCUT2D eigenvalue weighted by molar-refractivity contribution is 9.10. The minimum atomic E-state index is -0.597. The lowest BCUT2D eigenvalue weighted by Gasteiger charge is -2.14. The van der Waals surface area contributed by atoms with Gasteiger partial charge in [0.15, 0.2) is 11.5 Å². The average Bonchev–Trinajstić information content (AvgIpc) is 3.23. The number of benzene rings is 2. The zero-order valence-corrected chi connectivity index (χ0v) is 19.0. The van der Waals surface area contributed by atoms with E-state index < -0.39 is 10.8 Å². The Labute approximate surface area is 196 Å². The number of amides is 1. The van der Waals surface area contributed by atoms with Crippen LogP contribution < -0.4 is 14.9 Å². The molecule has 3 aromatic rings. The Morgan fingerprint density at radius 2 is 2.09 bits per heavy atom. The van der Waals surface area contributed by atoms with Crippen molar-refractivity contribution in [1.82, 2.24) is 15.2 Å². The molecule has 0 radical (unpaired) electrons. The van der Waals surface area contributed by atoms with E-state index in [0.717, 1.165) is 22.6 Å². The predicted molar refractivity (Wildman–Crippen MR) is 121 cm³/mol. The molecule has 10 nitrogen and oxygen atoms in total. The number of nitrogens with one attached hydrogen (secondary N) is 1. The first-order valence-electron chi connectivity index (χ1n) is 9.68. The summed E-state index contributed by atoms with van der Waals surface area (Å²) in [6.45, 7) is 2.22. The van der Waals surface area contributed by atoms with E-state index in [4.69, 9.17) is 9.47 Å². The molecule has 172 valence electrons. The van der Waals surface area contributed by atoms with Crippen LogP contribution in [0.5, 0.6) is 11.5 Å². The Balaban J connectivity index is 1.64. The van der Waals surface area contributed by atoms with Gasteiger partial charge >= 0.3 is 5.69 Å². The van der Waals surface area contributed by atoms with Crippen LogP contribution in [0, 0.1) is 15.9 Å². The second-order valence-corrected chi connectivity index (χ2v) is 7.48. The van der Waals surface area contributed by atoms with Crippen LogP contribution in [0.25, 0.3) is 0 Å². The molecule has 1 amide bonds. The third-order valence-electron chi connectivity index (χ3n) is 4.17. The van der Waals surface area contributed by atoms with Gasteiger partial charge in [0.25, 0.3) is 5.91 Å². The Kier molecular flexibility index (Phi) is 8.08. The topological polar surface area (TPSA) is 121 Å². The lowest BCUT2D eigenvalue weighted by molar-refractivity contribution is -0.385. The maximum absolute atomic E-state index is 13.1. The molecule has 1 heterocycles. The van der Waals surface area contributed by atoms with E-state index in [-0.39, 0.29) is 24.7 Å². The number of hydrazone groups is 1. The normalized spacial score (nSPS) is 10.9. The number of carbonyl (C=O) groups is 1. The van der Waals surface area contributed by atoms with Gasteiger partial charge in [-0.15, -0.1) is 0 Å². The van der Waals surface area contributed by atoms with Crippen LogP contribution >= 0.6 is 15.9 Å². The Morgan fingerprint density at radius 3 is 2.76 bits per heavy atom. The molecule has 12 heteroatoms. The Bertz CT molecular complexity index is 1170. The molecule has 3 rings (SSSR count).